The molecule has 2 heterocycles. The third-order valence-corrected chi connectivity index (χ3v) is 5.44. The van der Waals surface area contributed by atoms with Crippen molar-refractivity contribution < 1.29 is 4.39 Å². The van der Waals surface area contributed by atoms with Crippen LogP contribution in [-0.4, -0.2) is 23.1 Å². The van der Waals surface area contributed by atoms with E-state index in [4.69, 9.17) is 0 Å². The molecule has 0 saturated heterocycles. The molecule has 1 aromatic heterocycles. The highest BCUT2D eigenvalue weighted by atomic mass is 19.1. The zero-order valence-corrected chi connectivity index (χ0v) is 14.3. The van der Waals surface area contributed by atoms with Gasteiger partial charge < -0.3 is 4.57 Å². The average molecular weight is 322 g/mol. The first-order valence-corrected chi connectivity index (χ1v) is 8.70. The molecule has 2 aromatic carbocycles. The van der Waals surface area contributed by atoms with E-state index in [1.165, 1.54) is 27.7 Å². The summed E-state index contributed by atoms with van der Waals surface area (Å²) in [7, 11) is 2.21. The second-order valence-electron chi connectivity index (χ2n) is 6.81. The van der Waals surface area contributed by atoms with Gasteiger partial charge in [0.1, 0.15) is 5.82 Å². The van der Waals surface area contributed by atoms with E-state index < -0.39 is 0 Å². The molecule has 124 valence electrons. The van der Waals surface area contributed by atoms with Crippen LogP contribution in [0.15, 0.2) is 48.5 Å². The highest BCUT2D eigenvalue weighted by Gasteiger charge is 2.27. The molecule has 0 spiro atoms. The standard InChI is InChI=1S/C21H23FN2/c1-15-21-18-5-3-4-6-19(18)24(20(21)12-13-23(15)2)14-11-16-7-9-17(22)10-8-16/h3-10,15H,11-14H2,1-2H3. The Bertz CT molecular complexity index is 863. The third kappa shape index (κ3) is 2.53. The molecule has 0 N–H and O–H groups in total. The summed E-state index contributed by atoms with van der Waals surface area (Å²) in [5.41, 5.74) is 5.47. The fraction of sp³-hybridized carbons (Fsp3) is 0.333. The smallest absolute Gasteiger partial charge is 0.123 e. The predicted octanol–water partition coefficient (Wildman–Crippen LogP) is 4.57. The molecule has 1 atom stereocenters. The summed E-state index contributed by atoms with van der Waals surface area (Å²) in [5.74, 6) is -0.167. The van der Waals surface area contributed by atoms with Crippen molar-refractivity contribution in [1.82, 2.24) is 9.47 Å². The summed E-state index contributed by atoms with van der Waals surface area (Å²) in [6, 6.07) is 16.1. The van der Waals surface area contributed by atoms with Gasteiger partial charge in [-0.05, 0) is 49.7 Å². The van der Waals surface area contributed by atoms with Gasteiger partial charge in [0, 0.05) is 42.1 Å². The molecule has 0 fully saturated rings. The van der Waals surface area contributed by atoms with Gasteiger partial charge in [-0.1, -0.05) is 30.3 Å². The van der Waals surface area contributed by atoms with Crippen molar-refractivity contribution in [3.05, 3.63) is 71.2 Å². The molecule has 3 heteroatoms. The summed E-state index contributed by atoms with van der Waals surface area (Å²) in [5, 5.41) is 1.38. The van der Waals surface area contributed by atoms with Crippen molar-refractivity contribution in [1.29, 1.82) is 0 Å². The number of aryl methyl sites for hydroxylation is 2. The summed E-state index contributed by atoms with van der Waals surface area (Å²) in [4.78, 5) is 2.43. The number of aromatic nitrogens is 1. The second-order valence-corrected chi connectivity index (χ2v) is 6.81. The lowest BCUT2D eigenvalue weighted by atomic mass is 9.97. The van der Waals surface area contributed by atoms with Crippen LogP contribution in [0.1, 0.15) is 29.8 Å². The van der Waals surface area contributed by atoms with Gasteiger partial charge >= 0.3 is 0 Å². The summed E-state index contributed by atoms with van der Waals surface area (Å²) < 4.78 is 15.6. The van der Waals surface area contributed by atoms with Crippen LogP contribution >= 0.6 is 0 Å². The van der Waals surface area contributed by atoms with Gasteiger partial charge in [0.2, 0.25) is 0 Å². The molecule has 0 amide bonds. The zero-order chi connectivity index (χ0) is 16.7. The quantitative estimate of drug-likeness (QED) is 0.685. The molecule has 0 aliphatic carbocycles. The molecule has 0 radical (unpaired) electrons. The number of halogens is 1. The van der Waals surface area contributed by atoms with Crippen molar-refractivity contribution in [3.63, 3.8) is 0 Å². The Morgan fingerprint density at radius 1 is 1.08 bits per heavy atom. The van der Waals surface area contributed by atoms with Gasteiger partial charge in [0.05, 0.1) is 0 Å². The first-order valence-electron chi connectivity index (χ1n) is 8.70. The molecule has 1 aliphatic rings. The van der Waals surface area contributed by atoms with E-state index >= 15 is 0 Å². The highest BCUT2D eigenvalue weighted by Crippen LogP contribution is 2.37. The van der Waals surface area contributed by atoms with Crippen LogP contribution in [0.3, 0.4) is 0 Å². The Morgan fingerprint density at radius 2 is 1.83 bits per heavy atom. The lowest BCUT2D eigenvalue weighted by Crippen LogP contribution is -2.31. The largest absolute Gasteiger partial charge is 0.344 e. The Balaban J connectivity index is 1.74. The lowest BCUT2D eigenvalue weighted by molar-refractivity contribution is 0.245. The first kappa shape index (κ1) is 15.4. The maximum atomic E-state index is 13.1. The Kier molecular flexibility index (Phi) is 3.89. The van der Waals surface area contributed by atoms with Crippen molar-refractivity contribution in [2.75, 3.05) is 13.6 Å². The SMILES string of the molecule is CC1c2c(n(CCc3ccc(F)cc3)c3ccccc23)CCN1C. The number of fused-ring (bicyclic) bond motifs is 3. The number of para-hydroxylation sites is 1. The average Bonchev–Trinajstić information content (AvgIpc) is 2.92. The Morgan fingerprint density at radius 3 is 2.62 bits per heavy atom. The molecule has 1 aliphatic heterocycles. The van der Waals surface area contributed by atoms with Crippen LogP contribution in [0.2, 0.25) is 0 Å². The molecule has 24 heavy (non-hydrogen) atoms. The third-order valence-electron chi connectivity index (χ3n) is 5.44. The number of likely N-dealkylation sites (N-methyl/N-ethyl adjacent to an activating group) is 1. The molecular weight excluding hydrogens is 299 g/mol. The van der Waals surface area contributed by atoms with Gasteiger partial charge in [-0.2, -0.15) is 0 Å². The Hall–Kier alpha value is -2.13. The first-order chi connectivity index (χ1) is 11.6. The van der Waals surface area contributed by atoms with E-state index in [0.717, 1.165) is 25.9 Å². The Labute approximate surface area is 142 Å². The van der Waals surface area contributed by atoms with Gasteiger partial charge in [0.15, 0.2) is 0 Å². The molecule has 1 unspecified atom stereocenters. The van der Waals surface area contributed by atoms with Crippen LogP contribution < -0.4 is 0 Å². The van der Waals surface area contributed by atoms with Crippen LogP contribution in [0, 0.1) is 5.82 Å². The van der Waals surface area contributed by atoms with E-state index in [2.05, 4.69) is 47.7 Å². The van der Waals surface area contributed by atoms with Crippen LogP contribution in [0.5, 0.6) is 0 Å². The van der Waals surface area contributed by atoms with Crippen LogP contribution in [0.25, 0.3) is 10.9 Å². The number of nitrogens with zero attached hydrogens (tertiary/aromatic N) is 2. The minimum Gasteiger partial charge on any atom is -0.344 e. The molecule has 0 saturated carbocycles. The molecule has 0 bridgehead atoms. The van der Waals surface area contributed by atoms with Crippen molar-refractivity contribution in [2.45, 2.75) is 32.4 Å². The van der Waals surface area contributed by atoms with Gasteiger partial charge in [-0.15, -0.1) is 0 Å². The van der Waals surface area contributed by atoms with Gasteiger partial charge in [-0.3, -0.25) is 4.90 Å². The van der Waals surface area contributed by atoms with E-state index in [1.54, 1.807) is 12.1 Å². The summed E-state index contributed by atoms with van der Waals surface area (Å²) in [6.45, 7) is 4.34. The van der Waals surface area contributed by atoms with E-state index in [-0.39, 0.29) is 5.82 Å². The molecule has 3 aromatic rings. The predicted molar refractivity (Wildman–Crippen MR) is 96.8 cm³/mol. The maximum absolute atomic E-state index is 13.1. The fourth-order valence-electron chi connectivity index (χ4n) is 3.96. The minimum atomic E-state index is -0.167. The highest BCUT2D eigenvalue weighted by molar-refractivity contribution is 5.86. The monoisotopic (exact) mass is 322 g/mol. The van der Waals surface area contributed by atoms with E-state index in [1.807, 2.05) is 12.1 Å². The lowest BCUT2D eigenvalue weighted by Gasteiger charge is -2.31. The molecular formula is C21H23FN2. The molecule has 2 nitrogen and oxygen atoms in total. The maximum Gasteiger partial charge on any atom is 0.123 e. The van der Waals surface area contributed by atoms with Gasteiger partial charge in [-0.25, -0.2) is 4.39 Å². The van der Waals surface area contributed by atoms with E-state index in [0.29, 0.717) is 6.04 Å². The van der Waals surface area contributed by atoms with E-state index in [9.17, 15) is 4.39 Å². The zero-order valence-electron chi connectivity index (χ0n) is 14.3. The van der Waals surface area contributed by atoms with Crippen molar-refractivity contribution >= 4 is 10.9 Å². The van der Waals surface area contributed by atoms with Crippen molar-refractivity contribution in [3.8, 4) is 0 Å². The number of rotatable bonds is 3. The summed E-state index contributed by atoms with van der Waals surface area (Å²) in [6.07, 6.45) is 2.02. The van der Waals surface area contributed by atoms with Gasteiger partial charge in [0.25, 0.3) is 0 Å². The number of hydrogen-bond donors (Lipinski definition) is 0. The summed E-state index contributed by atoms with van der Waals surface area (Å²) >= 11 is 0. The minimum absolute atomic E-state index is 0.167. The van der Waals surface area contributed by atoms with Crippen LogP contribution in [0.4, 0.5) is 4.39 Å². The second kappa shape index (κ2) is 6.06. The number of benzene rings is 2. The number of hydrogen-bond acceptors (Lipinski definition) is 1. The normalized spacial score (nSPS) is 18.0. The molecule has 4 rings (SSSR count). The van der Waals surface area contributed by atoms with Crippen LogP contribution in [-0.2, 0) is 19.4 Å². The topological polar surface area (TPSA) is 8.17 Å². The fourth-order valence-corrected chi connectivity index (χ4v) is 3.96. The van der Waals surface area contributed by atoms with Crippen molar-refractivity contribution in [2.24, 2.45) is 0 Å².